The first-order valence-electron chi connectivity index (χ1n) is 1.33. The molecule has 6 heteroatoms. The second-order valence-corrected chi connectivity index (χ2v) is 2.84. The zero-order valence-electron chi connectivity index (χ0n) is 3.58. The first-order valence-corrected chi connectivity index (χ1v) is 3.59. The fraction of sp³-hybridized carbons (Fsp3) is 1.00. The van der Waals surface area contributed by atoms with Crippen LogP contribution in [0.4, 0.5) is 0 Å². The van der Waals surface area contributed by atoms with E-state index in [4.69, 9.17) is 0 Å². The maximum absolute atomic E-state index is 9.95. The largest absolute Gasteiger partial charge is 0.231 e. The van der Waals surface area contributed by atoms with Gasteiger partial charge in [-0.25, -0.2) is 12.7 Å². The second-order valence-electron chi connectivity index (χ2n) is 0.947. The molecule has 0 spiro atoms. The third-order valence-corrected chi connectivity index (χ3v) is 0.790. The lowest BCUT2D eigenvalue weighted by Crippen LogP contribution is -2.17. The van der Waals surface area contributed by atoms with Crippen molar-refractivity contribution in [3.05, 3.63) is 0 Å². The van der Waals surface area contributed by atoms with Gasteiger partial charge in [-0.3, -0.25) is 0 Å². The van der Waals surface area contributed by atoms with Crippen LogP contribution in [-0.4, -0.2) is 14.7 Å². The first-order chi connectivity index (χ1) is 3.06. The van der Waals surface area contributed by atoms with E-state index in [1.807, 2.05) is 0 Å². The van der Waals surface area contributed by atoms with Crippen molar-refractivity contribution in [2.24, 2.45) is 0 Å². The highest BCUT2D eigenvalue weighted by Gasteiger charge is 1.94. The Morgan fingerprint density at radius 1 is 1.71 bits per heavy atom. The molecule has 0 aromatic carbocycles. The molecule has 0 aliphatic heterocycles. The topological polar surface area (TPSA) is 55.4 Å². The van der Waals surface area contributed by atoms with Crippen LogP contribution < -0.4 is 4.89 Å². The van der Waals surface area contributed by atoms with Gasteiger partial charge in [-0.15, -0.1) is 0 Å². The Labute approximate surface area is 47.5 Å². The molecule has 7 heavy (non-hydrogen) atoms. The quantitative estimate of drug-likeness (QED) is 0.306. The fourth-order valence-electron chi connectivity index (χ4n) is 0.0677. The molecule has 0 amide bonds. The molecular formula is CH5NO3S2. The van der Waals surface area contributed by atoms with Crippen molar-refractivity contribution in [1.29, 1.82) is 0 Å². The summed E-state index contributed by atoms with van der Waals surface area (Å²) in [5.74, 6) is 0. The maximum Gasteiger partial charge on any atom is 0.231 e. The lowest BCUT2D eigenvalue weighted by molar-refractivity contribution is 0.329. The minimum atomic E-state index is -3.22. The number of nitrogens with one attached hydrogen (secondary N) is 1. The third-order valence-electron chi connectivity index (χ3n) is 0.189. The molecule has 0 atom stereocenters. The van der Waals surface area contributed by atoms with Crippen LogP contribution in [0.15, 0.2) is 0 Å². The lowest BCUT2D eigenvalue weighted by Gasteiger charge is -1.90. The van der Waals surface area contributed by atoms with Crippen LogP contribution in [0.2, 0.25) is 0 Å². The molecule has 0 heterocycles. The van der Waals surface area contributed by atoms with Gasteiger partial charge in [0.15, 0.2) is 0 Å². The fourth-order valence-corrected chi connectivity index (χ4v) is 0.609. The van der Waals surface area contributed by atoms with Gasteiger partial charge in [0.25, 0.3) is 0 Å². The summed E-state index contributed by atoms with van der Waals surface area (Å²) in [6.45, 7) is 0. The van der Waals surface area contributed by atoms with Crippen LogP contribution in [0.3, 0.4) is 0 Å². The Bertz CT molecular complexity index is 126. The number of thiol groups is 1. The predicted molar refractivity (Wildman–Crippen MR) is 28.1 cm³/mol. The summed E-state index contributed by atoms with van der Waals surface area (Å²) >= 11 is 3.12. The highest BCUT2D eigenvalue weighted by Crippen LogP contribution is 1.75. The maximum atomic E-state index is 9.95. The molecule has 44 valence electrons. The standard InChI is InChI=1S/CH5NO3S2/c1-7(3,4)2-5-6/h2,6H,1H3. The van der Waals surface area contributed by atoms with Gasteiger partial charge >= 0.3 is 0 Å². The van der Waals surface area contributed by atoms with Gasteiger partial charge in [0.05, 0.1) is 6.26 Å². The summed E-state index contributed by atoms with van der Waals surface area (Å²) in [5, 5.41) is 0. The summed E-state index contributed by atoms with van der Waals surface area (Å²) in [6.07, 6.45) is 0.962. The monoisotopic (exact) mass is 143 g/mol. The number of sulfonamides is 1. The number of hydrogen-bond donors (Lipinski definition) is 2. The van der Waals surface area contributed by atoms with E-state index in [0.29, 0.717) is 0 Å². The number of rotatable bonds is 2. The van der Waals surface area contributed by atoms with Gasteiger partial charge < -0.3 is 0 Å². The van der Waals surface area contributed by atoms with Crippen LogP contribution >= 0.6 is 12.9 Å². The molecule has 1 N–H and O–H groups in total. The Hall–Kier alpha value is 0.220. The van der Waals surface area contributed by atoms with Gasteiger partial charge in [0, 0.05) is 12.9 Å². The van der Waals surface area contributed by atoms with Crippen LogP contribution in [-0.2, 0) is 14.3 Å². The zero-order valence-corrected chi connectivity index (χ0v) is 5.29. The molecular weight excluding hydrogens is 138 g/mol. The van der Waals surface area contributed by atoms with Crippen LogP contribution in [0.25, 0.3) is 0 Å². The molecule has 4 nitrogen and oxygen atoms in total. The van der Waals surface area contributed by atoms with Crippen LogP contribution in [0.1, 0.15) is 0 Å². The molecule has 0 bridgehead atoms. The van der Waals surface area contributed by atoms with Crippen molar-refractivity contribution >= 4 is 22.9 Å². The zero-order chi connectivity index (χ0) is 5.91. The van der Waals surface area contributed by atoms with Gasteiger partial charge in [0.1, 0.15) is 0 Å². The van der Waals surface area contributed by atoms with E-state index < -0.39 is 10.0 Å². The van der Waals surface area contributed by atoms with Gasteiger partial charge in [0.2, 0.25) is 10.0 Å². The smallest absolute Gasteiger partial charge is 0.220 e. The Morgan fingerprint density at radius 3 is 2.14 bits per heavy atom. The van der Waals surface area contributed by atoms with Crippen molar-refractivity contribution in [2.75, 3.05) is 6.26 Å². The summed E-state index contributed by atoms with van der Waals surface area (Å²) in [6, 6.07) is 0. The lowest BCUT2D eigenvalue weighted by atomic mass is 12.0. The highest BCUT2D eigenvalue weighted by atomic mass is 32.2. The molecule has 0 aliphatic rings. The van der Waals surface area contributed by atoms with Gasteiger partial charge in [-0.2, -0.15) is 0 Å². The predicted octanol–water partition coefficient (Wildman–Crippen LogP) is -0.688. The van der Waals surface area contributed by atoms with Crippen molar-refractivity contribution in [3.8, 4) is 0 Å². The Kier molecular flexibility index (Phi) is 2.59. The molecule has 0 saturated carbocycles. The average molecular weight is 143 g/mol. The molecule has 0 unspecified atom stereocenters. The molecule has 0 radical (unpaired) electrons. The normalized spacial score (nSPS) is 11.7. The van der Waals surface area contributed by atoms with Crippen molar-refractivity contribution < 1.29 is 12.7 Å². The Morgan fingerprint density at radius 2 is 2.14 bits per heavy atom. The molecule has 0 aliphatic carbocycles. The van der Waals surface area contributed by atoms with Crippen LogP contribution in [0.5, 0.6) is 0 Å². The Balaban J connectivity index is 3.60. The first kappa shape index (κ1) is 7.22. The highest BCUT2D eigenvalue weighted by molar-refractivity contribution is 7.89. The van der Waals surface area contributed by atoms with Gasteiger partial charge in [-0.05, 0) is 0 Å². The van der Waals surface area contributed by atoms with Crippen LogP contribution in [0, 0.1) is 0 Å². The van der Waals surface area contributed by atoms with E-state index in [0.717, 1.165) is 6.26 Å². The van der Waals surface area contributed by atoms with E-state index in [1.54, 1.807) is 4.89 Å². The summed E-state index contributed by atoms with van der Waals surface area (Å²) < 4.78 is 23.7. The van der Waals surface area contributed by atoms with E-state index in [9.17, 15) is 8.42 Å². The molecule has 0 fully saturated rings. The van der Waals surface area contributed by atoms with E-state index in [2.05, 4.69) is 17.2 Å². The summed E-state index contributed by atoms with van der Waals surface area (Å²) in [7, 11) is -3.22. The molecule has 0 saturated heterocycles. The summed E-state index contributed by atoms with van der Waals surface area (Å²) in [5.41, 5.74) is 0. The minimum absolute atomic E-state index is 0.962. The molecule has 0 aromatic heterocycles. The van der Waals surface area contributed by atoms with E-state index in [-0.39, 0.29) is 0 Å². The average Bonchev–Trinajstić information content (AvgIpc) is 1.30. The minimum Gasteiger partial charge on any atom is -0.220 e. The SMILES string of the molecule is CS(=O)(=O)NOS. The second kappa shape index (κ2) is 2.51. The van der Waals surface area contributed by atoms with E-state index in [1.165, 1.54) is 0 Å². The van der Waals surface area contributed by atoms with Crippen molar-refractivity contribution in [3.63, 3.8) is 0 Å². The van der Waals surface area contributed by atoms with Crippen molar-refractivity contribution in [2.45, 2.75) is 0 Å². The number of hydrogen-bond acceptors (Lipinski definition) is 4. The molecule has 0 rings (SSSR count). The van der Waals surface area contributed by atoms with E-state index >= 15 is 0 Å². The van der Waals surface area contributed by atoms with Crippen molar-refractivity contribution in [1.82, 2.24) is 4.89 Å². The van der Waals surface area contributed by atoms with Gasteiger partial charge in [-0.1, -0.05) is 4.89 Å². The summed E-state index contributed by atoms with van der Waals surface area (Å²) in [4.78, 5) is 1.62. The molecule has 0 aromatic rings. The third kappa shape index (κ3) is 6.22.